The van der Waals surface area contributed by atoms with E-state index >= 15 is 0 Å². The number of carbonyl (C=O) groups excluding carboxylic acids is 1. The average molecular weight is 519 g/mol. The zero-order valence-corrected chi connectivity index (χ0v) is 20.9. The van der Waals surface area contributed by atoms with Gasteiger partial charge in [-0.3, -0.25) is 18.7 Å². The minimum absolute atomic E-state index is 0.0723. The van der Waals surface area contributed by atoms with Crippen LogP contribution in [0.2, 0.25) is 0 Å². The van der Waals surface area contributed by atoms with Gasteiger partial charge in [-0.1, -0.05) is 13.8 Å². The summed E-state index contributed by atoms with van der Waals surface area (Å²) in [5.41, 5.74) is -0.253. The Morgan fingerprint density at radius 1 is 1.19 bits per heavy atom. The predicted octanol–water partition coefficient (Wildman–Crippen LogP) is 3.84. The number of hydrogen-bond donors (Lipinski definition) is 1. The largest absolute Gasteiger partial charge is 0.488 e. The molecule has 0 aliphatic heterocycles. The Bertz CT molecular complexity index is 1540. The summed E-state index contributed by atoms with van der Waals surface area (Å²) < 4.78 is 41.7. The van der Waals surface area contributed by atoms with Crippen LogP contribution in [0.15, 0.2) is 37.8 Å². The second kappa shape index (κ2) is 10.1. The molecular formula is C24H24F2N4O5S. The molecule has 0 bridgehead atoms. The molecule has 36 heavy (non-hydrogen) atoms. The Morgan fingerprint density at radius 2 is 1.89 bits per heavy atom. The number of anilines is 1. The molecule has 12 heteroatoms. The van der Waals surface area contributed by atoms with Crippen LogP contribution in [0, 0.1) is 17.6 Å². The summed E-state index contributed by atoms with van der Waals surface area (Å²) in [5.74, 6) is -2.25. The molecule has 0 atom stereocenters. The first-order chi connectivity index (χ1) is 17.1. The van der Waals surface area contributed by atoms with E-state index in [2.05, 4.69) is 10.3 Å². The fourth-order valence-corrected chi connectivity index (χ4v) is 4.33. The second-order valence-corrected chi connectivity index (χ2v) is 9.57. The molecule has 4 aromatic rings. The van der Waals surface area contributed by atoms with Crippen LogP contribution in [0.5, 0.6) is 5.75 Å². The quantitative estimate of drug-likeness (QED) is 0.380. The first-order valence-corrected chi connectivity index (χ1v) is 12.0. The second-order valence-electron chi connectivity index (χ2n) is 8.71. The lowest BCUT2D eigenvalue weighted by Crippen LogP contribution is -2.36. The van der Waals surface area contributed by atoms with E-state index in [4.69, 9.17) is 9.15 Å². The number of carbonyl (C=O) groups is 1. The molecule has 0 saturated carbocycles. The molecule has 0 saturated heterocycles. The van der Waals surface area contributed by atoms with Gasteiger partial charge in [0.25, 0.3) is 5.56 Å². The molecule has 190 valence electrons. The van der Waals surface area contributed by atoms with Crippen LogP contribution in [0.4, 0.5) is 13.9 Å². The number of fused-ring (bicyclic) bond motifs is 1. The third kappa shape index (κ3) is 4.94. The zero-order chi connectivity index (χ0) is 26.1. The van der Waals surface area contributed by atoms with E-state index < -0.39 is 34.5 Å². The lowest BCUT2D eigenvalue weighted by atomic mass is 10.1. The maximum absolute atomic E-state index is 14.5. The number of amides is 1. The summed E-state index contributed by atoms with van der Waals surface area (Å²) in [6.07, 6.45) is 1.72. The Kier molecular flexibility index (Phi) is 7.07. The Balaban J connectivity index is 1.49. The lowest BCUT2D eigenvalue weighted by Gasteiger charge is -2.10. The van der Waals surface area contributed by atoms with Crippen LogP contribution in [0.25, 0.3) is 22.4 Å². The number of aryl methyl sites for hydroxylation is 1. The molecular weight excluding hydrogens is 494 g/mol. The van der Waals surface area contributed by atoms with Crippen LogP contribution in [-0.2, 0) is 25.3 Å². The van der Waals surface area contributed by atoms with E-state index in [9.17, 15) is 23.2 Å². The molecule has 0 aliphatic carbocycles. The summed E-state index contributed by atoms with van der Waals surface area (Å²) in [5, 5.41) is 4.51. The fraction of sp³-hybridized carbons (Fsp3) is 0.333. The smallest absolute Gasteiger partial charge is 0.333 e. The van der Waals surface area contributed by atoms with Gasteiger partial charge in [-0.05, 0) is 24.5 Å². The minimum atomic E-state index is -0.838. The van der Waals surface area contributed by atoms with Gasteiger partial charge in [-0.2, -0.15) is 0 Å². The van der Waals surface area contributed by atoms with Gasteiger partial charge in [0.1, 0.15) is 5.39 Å². The van der Waals surface area contributed by atoms with Gasteiger partial charge < -0.3 is 14.5 Å². The molecule has 0 fully saturated rings. The van der Waals surface area contributed by atoms with E-state index in [1.165, 1.54) is 24.9 Å². The van der Waals surface area contributed by atoms with Crippen molar-refractivity contribution in [3.05, 3.63) is 61.8 Å². The van der Waals surface area contributed by atoms with Crippen molar-refractivity contribution < 1.29 is 22.7 Å². The molecule has 3 aromatic heterocycles. The normalized spacial score (nSPS) is 11.4. The van der Waals surface area contributed by atoms with E-state index in [1.54, 1.807) is 5.38 Å². The number of rotatable bonds is 8. The predicted molar refractivity (Wildman–Crippen MR) is 131 cm³/mol. The number of ether oxygens (including phenoxy) is 1. The molecule has 1 amide bonds. The molecule has 1 N–H and O–H groups in total. The van der Waals surface area contributed by atoms with E-state index in [0.717, 1.165) is 28.0 Å². The highest BCUT2D eigenvalue weighted by Gasteiger charge is 2.20. The van der Waals surface area contributed by atoms with Crippen molar-refractivity contribution in [2.24, 2.45) is 20.0 Å². The summed E-state index contributed by atoms with van der Waals surface area (Å²) >= 11 is 1.08. The van der Waals surface area contributed by atoms with Crippen molar-refractivity contribution >= 4 is 33.5 Å². The first kappa shape index (κ1) is 25.3. The maximum atomic E-state index is 14.5. The summed E-state index contributed by atoms with van der Waals surface area (Å²) in [6.45, 7) is 4.17. The topological polar surface area (TPSA) is 108 Å². The van der Waals surface area contributed by atoms with Gasteiger partial charge in [-0.15, -0.1) is 11.3 Å². The third-order valence-electron chi connectivity index (χ3n) is 5.58. The highest BCUT2D eigenvalue weighted by atomic mass is 32.1. The third-order valence-corrected chi connectivity index (χ3v) is 6.34. The van der Waals surface area contributed by atoms with Crippen LogP contribution in [0.1, 0.15) is 25.8 Å². The monoisotopic (exact) mass is 518 g/mol. The number of furan rings is 1. The van der Waals surface area contributed by atoms with Gasteiger partial charge in [0.05, 0.1) is 25.0 Å². The highest BCUT2D eigenvalue weighted by Crippen LogP contribution is 2.31. The van der Waals surface area contributed by atoms with Gasteiger partial charge in [-0.25, -0.2) is 18.6 Å². The number of benzene rings is 1. The van der Waals surface area contributed by atoms with Gasteiger partial charge >= 0.3 is 5.69 Å². The van der Waals surface area contributed by atoms with Crippen molar-refractivity contribution in [1.29, 1.82) is 0 Å². The van der Waals surface area contributed by atoms with Gasteiger partial charge in [0, 0.05) is 30.6 Å². The first-order valence-electron chi connectivity index (χ1n) is 11.1. The molecule has 0 aliphatic rings. The van der Waals surface area contributed by atoms with Crippen molar-refractivity contribution in [3.8, 4) is 17.0 Å². The Labute approximate surface area is 208 Å². The number of halogens is 2. The molecule has 0 unspecified atom stereocenters. The fourth-order valence-electron chi connectivity index (χ4n) is 3.60. The van der Waals surface area contributed by atoms with Crippen molar-refractivity contribution in [3.63, 3.8) is 0 Å². The Morgan fingerprint density at radius 3 is 2.56 bits per heavy atom. The maximum Gasteiger partial charge on any atom is 0.333 e. The SMILES string of the molecule is CC(C)CCOc1c(F)cc(-c2csc(NC(=O)Cc3coc4c3c(=O)n(C)c(=O)n4C)n2)cc1F. The molecule has 1 aromatic carbocycles. The minimum Gasteiger partial charge on any atom is -0.488 e. The molecule has 3 heterocycles. The average Bonchev–Trinajstić information content (AvgIpc) is 3.45. The summed E-state index contributed by atoms with van der Waals surface area (Å²) in [7, 11) is 2.80. The number of nitrogens with one attached hydrogen (secondary N) is 1. The van der Waals surface area contributed by atoms with Crippen LogP contribution < -0.4 is 21.3 Å². The standard InChI is InChI=1S/C24H24F2N4O5S/c1-12(2)5-6-34-20-15(25)7-13(8-16(20)26)17-11-36-23(27-17)28-18(31)9-14-10-35-22-19(14)21(32)29(3)24(33)30(22)4/h7-8,10-12H,5-6,9H2,1-4H3,(H,27,28,31). The number of nitrogens with zero attached hydrogens (tertiary/aromatic N) is 3. The van der Waals surface area contributed by atoms with Crippen molar-refractivity contribution in [2.45, 2.75) is 26.7 Å². The number of thiazole rings is 1. The van der Waals surface area contributed by atoms with Gasteiger partial charge in [0.15, 0.2) is 22.5 Å². The van der Waals surface area contributed by atoms with E-state index in [0.29, 0.717) is 17.9 Å². The lowest BCUT2D eigenvalue weighted by molar-refractivity contribution is -0.115. The zero-order valence-electron chi connectivity index (χ0n) is 20.1. The van der Waals surface area contributed by atoms with Crippen LogP contribution >= 0.6 is 11.3 Å². The number of aromatic nitrogens is 3. The molecule has 0 spiro atoms. The molecule has 9 nitrogen and oxygen atoms in total. The summed E-state index contributed by atoms with van der Waals surface area (Å²) in [4.78, 5) is 41.4. The van der Waals surface area contributed by atoms with E-state index in [-0.39, 0.29) is 40.5 Å². The molecule has 0 radical (unpaired) electrons. The van der Waals surface area contributed by atoms with Crippen molar-refractivity contribution in [1.82, 2.24) is 14.1 Å². The highest BCUT2D eigenvalue weighted by molar-refractivity contribution is 7.14. The Hall–Kier alpha value is -3.80. The van der Waals surface area contributed by atoms with Crippen LogP contribution in [0.3, 0.4) is 0 Å². The number of hydrogen-bond acceptors (Lipinski definition) is 7. The summed E-state index contributed by atoms with van der Waals surface area (Å²) in [6, 6.07) is 2.26. The molecule has 4 rings (SSSR count). The van der Waals surface area contributed by atoms with Gasteiger partial charge in [0.2, 0.25) is 11.6 Å². The van der Waals surface area contributed by atoms with E-state index in [1.807, 2.05) is 13.8 Å². The van der Waals surface area contributed by atoms with Crippen LogP contribution in [-0.4, -0.2) is 26.6 Å². The van der Waals surface area contributed by atoms with Crippen molar-refractivity contribution in [2.75, 3.05) is 11.9 Å².